The Hall–Kier alpha value is -3.86. The summed E-state index contributed by atoms with van der Waals surface area (Å²) in [5.41, 5.74) is 6.12. The van der Waals surface area contributed by atoms with E-state index in [1.54, 1.807) is 51.0 Å². The summed E-state index contributed by atoms with van der Waals surface area (Å²) in [6.45, 7) is 10.7. The van der Waals surface area contributed by atoms with E-state index in [2.05, 4.69) is 15.3 Å². The molecule has 0 spiro atoms. The largest absolute Gasteiger partial charge is 0.343 e. The van der Waals surface area contributed by atoms with Crippen LogP contribution in [0.25, 0.3) is 5.78 Å². The molecular weight excluding hydrogens is 525 g/mol. The number of hydrogen-bond acceptors (Lipinski definition) is 6. The lowest BCUT2D eigenvalue weighted by Gasteiger charge is -2.37. The van der Waals surface area contributed by atoms with Crippen molar-refractivity contribution in [3.8, 4) is 0 Å². The number of likely N-dealkylation sites (tertiary alicyclic amines) is 1. The lowest BCUT2D eigenvalue weighted by molar-refractivity contribution is -0.140. The quantitative estimate of drug-likeness (QED) is 0.409. The summed E-state index contributed by atoms with van der Waals surface area (Å²) in [5, 5.41) is 2.79. The molecule has 41 heavy (non-hydrogen) atoms. The van der Waals surface area contributed by atoms with Gasteiger partial charge in [-0.15, -0.1) is 0 Å². The standard InChI is InChI=1S/C28H36FN7O3.C2H6/c1-28(2,3)24(33-23(37)16-30)26(39)36-14-4-6-21(36)17-34(15-11-19-7-9-20(29)10-8-19)25(38)22-18-35-13-5-12-31-27(35)32-22;1-2/h5,7-10,12-13,18,21,24H,4,6,11,14-17,30H2,1-3H3,(H,33,37);1-2H3. The van der Waals surface area contributed by atoms with E-state index in [-0.39, 0.29) is 35.9 Å². The van der Waals surface area contributed by atoms with Gasteiger partial charge in [0.05, 0.1) is 6.54 Å². The first-order valence-corrected chi connectivity index (χ1v) is 14.2. The maximum Gasteiger partial charge on any atom is 0.274 e. The van der Waals surface area contributed by atoms with Crippen molar-refractivity contribution in [2.24, 2.45) is 11.1 Å². The van der Waals surface area contributed by atoms with Gasteiger partial charge in [0.15, 0.2) is 0 Å². The Bertz CT molecular complexity index is 1290. The SMILES string of the molecule is CC.CC(C)(C)C(NC(=O)CN)C(=O)N1CCCC1CN(CCc1ccc(F)cc1)C(=O)c1cn2cccnc2n1. The van der Waals surface area contributed by atoms with Crippen LogP contribution in [-0.4, -0.2) is 80.2 Å². The summed E-state index contributed by atoms with van der Waals surface area (Å²) in [4.78, 5) is 51.6. The fraction of sp³-hybridized carbons (Fsp3) is 0.500. The van der Waals surface area contributed by atoms with Gasteiger partial charge in [0.25, 0.3) is 5.91 Å². The first-order chi connectivity index (χ1) is 19.6. The minimum absolute atomic E-state index is 0.185. The highest BCUT2D eigenvalue weighted by molar-refractivity contribution is 5.93. The van der Waals surface area contributed by atoms with Gasteiger partial charge < -0.3 is 20.9 Å². The van der Waals surface area contributed by atoms with Crippen LogP contribution in [0.3, 0.4) is 0 Å². The van der Waals surface area contributed by atoms with E-state index in [1.165, 1.54) is 12.1 Å². The van der Waals surface area contributed by atoms with Crippen LogP contribution in [0.15, 0.2) is 48.9 Å². The lowest BCUT2D eigenvalue weighted by atomic mass is 9.85. The number of nitrogens with two attached hydrogens (primary N) is 1. The smallest absolute Gasteiger partial charge is 0.274 e. The summed E-state index contributed by atoms with van der Waals surface area (Å²) in [6.07, 6.45) is 7.05. The van der Waals surface area contributed by atoms with Gasteiger partial charge in [0.2, 0.25) is 17.6 Å². The number of amides is 3. The van der Waals surface area contributed by atoms with E-state index in [0.29, 0.717) is 31.8 Å². The Morgan fingerprint density at radius 3 is 2.54 bits per heavy atom. The molecule has 3 amide bonds. The van der Waals surface area contributed by atoms with Crippen LogP contribution in [-0.2, 0) is 16.0 Å². The Morgan fingerprint density at radius 1 is 1.20 bits per heavy atom. The summed E-state index contributed by atoms with van der Waals surface area (Å²) in [7, 11) is 0. The predicted molar refractivity (Wildman–Crippen MR) is 156 cm³/mol. The van der Waals surface area contributed by atoms with Crippen LogP contribution in [0, 0.1) is 11.2 Å². The minimum Gasteiger partial charge on any atom is -0.343 e. The number of benzene rings is 1. The molecule has 0 saturated carbocycles. The average Bonchev–Trinajstić information content (AvgIpc) is 3.61. The Balaban J connectivity index is 0.00000226. The van der Waals surface area contributed by atoms with Gasteiger partial charge in [-0.3, -0.25) is 18.8 Å². The Kier molecular flexibility index (Phi) is 10.9. The summed E-state index contributed by atoms with van der Waals surface area (Å²) >= 11 is 0. The molecule has 2 atom stereocenters. The number of rotatable bonds is 9. The number of carbonyl (C=O) groups excluding carboxylic acids is 3. The third kappa shape index (κ3) is 8.09. The van der Waals surface area contributed by atoms with Crippen molar-refractivity contribution in [2.75, 3.05) is 26.2 Å². The molecule has 2 aromatic heterocycles. The average molecular weight is 568 g/mol. The minimum atomic E-state index is -0.748. The number of imidazole rings is 1. The van der Waals surface area contributed by atoms with E-state index < -0.39 is 17.4 Å². The molecule has 11 heteroatoms. The normalized spacial score (nSPS) is 15.7. The molecule has 0 aliphatic carbocycles. The molecule has 3 N–H and O–H groups in total. The number of hydrogen-bond donors (Lipinski definition) is 2. The number of carbonyl (C=O) groups is 3. The third-order valence-corrected chi connectivity index (χ3v) is 7.02. The molecule has 1 aromatic carbocycles. The molecule has 1 fully saturated rings. The zero-order valence-electron chi connectivity index (χ0n) is 24.6. The zero-order chi connectivity index (χ0) is 30.2. The van der Waals surface area contributed by atoms with E-state index in [9.17, 15) is 18.8 Å². The second kappa shape index (κ2) is 14.2. The molecular formula is C30H42FN7O3. The van der Waals surface area contributed by atoms with Gasteiger partial charge in [-0.25, -0.2) is 14.4 Å². The molecule has 10 nitrogen and oxygen atoms in total. The molecule has 1 saturated heterocycles. The highest BCUT2D eigenvalue weighted by Gasteiger charge is 2.40. The van der Waals surface area contributed by atoms with E-state index in [0.717, 1.165) is 18.4 Å². The molecule has 3 heterocycles. The van der Waals surface area contributed by atoms with Crippen LogP contribution in [0.2, 0.25) is 0 Å². The van der Waals surface area contributed by atoms with Gasteiger partial charge >= 0.3 is 0 Å². The lowest BCUT2D eigenvalue weighted by Crippen LogP contribution is -2.57. The molecule has 0 bridgehead atoms. The van der Waals surface area contributed by atoms with Crippen molar-refractivity contribution >= 4 is 23.5 Å². The van der Waals surface area contributed by atoms with Crippen LogP contribution >= 0.6 is 0 Å². The van der Waals surface area contributed by atoms with Crippen molar-refractivity contribution in [3.05, 3.63) is 66.0 Å². The van der Waals surface area contributed by atoms with Crippen molar-refractivity contribution in [2.45, 2.75) is 66.0 Å². The van der Waals surface area contributed by atoms with Crippen LogP contribution in [0.1, 0.15) is 63.5 Å². The molecule has 4 rings (SSSR count). The van der Waals surface area contributed by atoms with Gasteiger partial charge in [-0.2, -0.15) is 0 Å². The second-order valence-corrected chi connectivity index (χ2v) is 11.0. The molecule has 3 aromatic rings. The molecule has 222 valence electrons. The number of fused-ring (bicyclic) bond motifs is 1. The fourth-order valence-electron chi connectivity index (χ4n) is 4.89. The fourth-order valence-corrected chi connectivity index (χ4v) is 4.89. The number of nitrogens with zero attached hydrogens (tertiary/aromatic N) is 5. The van der Waals surface area contributed by atoms with E-state index in [1.807, 2.05) is 34.6 Å². The van der Waals surface area contributed by atoms with Gasteiger partial charge in [-0.1, -0.05) is 46.8 Å². The molecule has 1 aliphatic heterocycles. The van der Waals surface area contributed by atoms with E-state index >= 15 is 0 Å². The van der Waals surface area contributed by atoms with Crippen molar-refractivity contribution in [3.63, 3.8) is 0 Å². The Labute approximate surface area is 241 Å². The third-order valence-electron chi connectivity index (χ3n) is 7.02. The van der Waals surface area contributed by atoms with Crippen LogP contribution in [0.5, 0.6) is 0 Å². The second-order valence-electron chi connectivity index (χ2n) is 11.0. The number of nitrogens with one attached hydrogen (secondary N) is 1. The van der Waals surface area contributed by atoms with Gasteiger partial charge in [-0.05, 0) is 48.4 Å². The van der Waals surface area contributed by atoms with Crippen molar-refractivity contribution in [1.29, 1.82) is 0 Å². The number of halogens is 1. The van der Waals surface area contributed by atoms with E-state index in [4.69, 9.17) is 5.73 Å². The summed E-state index contributed by atoms with van der Waals surface area (Å²) < 4.78 is 15.1. The van der Waals surface area contributed by atoms with Crippen molar-refractivity contribution < 1.29 is 18.8 Å². The maximum absolute atomic E-state index is 13.7. The topological polar surface area (TPSA) is 126 Å². The van der Waals surface area contributed by atoms with Gasteiger partial charge in [0.1, 0.15) is 17.6 Å². The van der Waals surface area contributed by atoms with Crippen LogP contribution in [0.4, 0.5) is 4.39 Å². The molecule has 1 aliphatic rings. The first-order valence-electron chi connectivity index (χ1n) is 14.2. The molecule has 2 unspecified atom stereocenters. The molecule has 0 radical (unpaired) electrons. The summed E-state index contributed by atoms with van der Waals surface area (Å²) in [5.74, 6) is -0.754. The highest BCUT2D eigenvalue weighted by atomic mass is 19.1. The maximum atomic E-state index is 13.7. The van der Waals surface area contributed by atoms with Crippen LogP contribution < -0.4 is 11.1 Å². The van der Waals surface area contributed by atoms with Gasteiger partial charge in [0, 0.05) is 44.3 Å². The first kappa shape index (κ1) is 31.7. The number of aromatic nitrogens is 3. The Morgan fingerprint density at radius 2 is 1.90 bits per heavy atom. The predicted octanol–water partition coefficient (Wildman–Crippen LogP) is 3.06. The zero-order valence-corrected chi connectivity index (χ0v) is 24.6. The van der Waals surface area contributed by atoms with Crippen molar-refractivity contribution in [1.82, 2.24) is 29.5 Å². The highest BCUT2D eigenvalue weighted by Crippen LogP contribution is 2.26. The monoisotopic (exact) mass is 567 g/mol. The summed E-state index contributed by atoms with van der Waals surface area (Å²) in [6, 6.07) is 6.97.